The first-order valence-corrected chi connectivity index (χ1v) is 7.74. The Labute approximate surface area is 134 Å². The molecule has 118 valence electrons. The number of nitrogens with two attached hydrogens (primary N) is 1. The van der Waals surface area contributed by atoms with Gasteiger partial charge in [-0.05, 0) is 18.4 Å². The second kappa shape index (κ2) is 9.06. The Kier molecular flexibility index (Phi) is 7.76. The molecule has 0 bridgehead atoms. The summed E-state index contributed by atoms with van der Waals surface area (Å²) in [6.07, 6.45) is 7.78. The molecule has 4 heteroatoms. The fourth-order valence-corrected chi connectivity index (χ4v) is 3.00. The van der Waals surface area contributed by atoms with Crippen LogP contribution in [0, 0.1) is 0 Å². The lowest BCUT2D eigenvalue weighted by Crippen LogP contribution is -2.38. The minimum absolute atomic E-state index is 0. The molecular weight excluding hydrogens is 284 g/mol. The summed E-state index contributed by atoms with van der Waals surface area (Å²) >= 11 is 0. The van der Waals surface area contributed by atoms with Crippen LogP contribution in [0.25, 0.3) is 0 Å². The number of carbonyl (C=O) groups excluding carboxylic acids is 1. The maximum absolute atomic E-state index is 12.4. The number of hydrogen-bond acceptors (Lipinski definition) is 2. The summed E-state index contributed by atoms with van der Waals surface area (Å²) in [4.78, 5) is 14.3. The summed E-state index contributed by atoms with van der Waals surface area (Å²) in [5, 5.41) is 0. The van der Waals surface area contributed by atoms with Gasteiger partial charge in [-0.25, -0.2) is 0 Å². The van der Waals surface area contributed by atoms with Crippen molar-refractivity contribution in [3.63, 3.8) is 0 Å². The Morgan fingerprint density at radius 3 is 2.33 bits per heavy atom. The van der Waals surface area contributed by atoms with Crippen LogP contribution in [0.15, 0.2) is 30.3 Å². The highest BCUT2D eigenvalue weighted by atomic mass is 35.5. The zero-order valence-corrected chi connectivity index (χ0v) is 13.6. The van der Waals surface area contributed by atoms with Crippen LogP contribution in [0.4, 0.5) is 0 Å². The smallest absolute Gasteiger partial charge is 0.224 e. The summed E-state index contributed by atoms with van der Waals surface area (Å²) in [7, 11) is 1.94. The summed E-state index contributed by atoms with van der Waals surface area (Å²) < 4.78 is 0. The van der Waals surface area contributed by atoms with E-state index in [1.165, 1.54) is 25.7 Å². The van der Waals surface area contributed by atoms with Gasteiger partial charge in [0, 0.05) is 25.6 Å². The molecule has 1 amide bonds. The van der Waals surface area contributed by atoms with E-state index in [4.69, 9.17) is 5.73 Å². The van der Waals surface area contributed by atoms with Crippen molar-refractivity contribution < 1.29 is 4.79 Å². The fraction of sp³-hybridized carbons (Fsp3) is 0.588. The minimum atomic E-state index is -0.197. The van der Waals surface area contributed by atoms with Crippen molar-refractivity contribution in [2.75, 3.05) is 7.05 Å². The molecule has 1 fully saturated rings. The van der Waals surface area contributed by atoms with Crippen molar-refractivity contribution in [3.05, 3.63) is 35.9 Å². The number of hydrogen-bond donors (Lipinski definition) is 1. The second-order valence-corrected chi connectivity index (χ2v) is 5.87. The largest absolute Gasteiger partial charge is 0.343 e. The number of rotatable bonds is 4. The predicted octanol–water partition coefficient (Wildman–Crippen LogP) is 3.68. The second-order valence-electron chi connectivity index (χ2n) is 5.87. The number of nitrogens with zero attached hydrogens (tertiary/aromatic N) is 1. The van der Waals surface area contributed by atoms with Crippen molar-refractivity contribution in [2.24, 2.45) is 5.73 Å². The van der Waals surface area contributed by atoms with E-state index < -0.39 is 0 Å². The number of amides is 1. The van der Waals surface area contributed by atoms with Gasteiger partial charge in [-0.15, -0.1) is 12.4 Å². The number of halogens is 1. The molecule has 3 nitrogen and oxygen atoms in total. The van der Waals surface area contributed by atoms with Crippen LogP contribution in [-0.4, -0.2) is 23.9 Å². The van der Waals surface area contributed by atoms with Gasteiger partial charge in [-0.1, -0.05) is 56.0 Å². The highest BCUT2D eigenvalue weighted by molar-refractivity contribution is 5.85. The van der Waals surface area contributed by atoms with Crippen LogP contribution in [0.1, 0.15) is 56.6 Å². The fourth-order valence-electron chi connectivity index (χ4n) is 3.00. The molecule has 1 saturated carbocycles. The highest BCUT2D eigenvalue weighted by Gasteiger charge is 2.22. The van der Waals surface area contributed by atoms with Gasteiger partial charge in [-0.2, -0.15) is 0 Å². The van der Waals surface area contributed by atoms with Gasteiger partial charge in [0.25, 0.3) is 0 Å². The maximum Gasteiger partial charge on any atom is 0.224 e. The number of carbonyl (C=O) groups is 1. The van der Waals surface area contributed by atoms with Crippen molar-refractivity contribution in [2.45, 2.75) is 57.0 Å². The molecular formula is C17H27ClN2O. The molecule has 0 radical (unpaired) electrons. The summed E-state index contributed by atoms with van der Waals surface area (Å²) in [5.74, 6) is 0.174. The Hall–Kier alpha value is -1.06. The first-order valence-electron chi connectivity index (χ1n) is 7.74. The summed E-state index contributed by atoms with van der Waals surface area (Å²) in [5.41, 5.74) is 7.18. The van der Waals surface area contributed by atoms with Crippen molar-refractivity contribution >= 4 is 18.3 Å². The number of benzene rings is 1. The van der Waals surface area contributed by atoms with Crippen LogP contribution < -0.4 is 5.73 Å². The molecule has 1 aromatic rings. The van der Waals surface area contributed by atoms with E-state index in [0.717, 1.165) is 18.4 Å². The average Bonchev–Trinajstić information content (AvgIpc) is 2.76. The van der Waals surface area contributed by atoms with Crippen LogP contribution in [0.2, 0.25) is 0 Å². The van der Waals surface area contributed by atoms with Gasteiger partial charge in [0.1, 0.15) is 0 Å². The van der Waals surface area contributed by atoms with Crippen LogP contribution in [0.3, 0.4) is 0 Å². The standard InChI is InChI=1S/C17H26N2O.ClH/c1-19(15-11-7-2-3-8-12-15)17(20)13-16(18)14-9-5-4-6-10-14;/h4-6,9-10,15-16H,2-3,7-8,11-13,18H2,1H3;1H. The molecule has 2 N–H and O–H groups in total. The maximum atomic E-state index is 12.4. The van der Waals surface area contributed by atoms with Crippen LogP contribution >= 0.6 is 12.4 Å². The topological polar surface area (TPSA) is 46.3 Å². The first-order chi connectivity index (χ1) is 9.68. The molecule has 1 atom stereocenters. The third-order valence-electron chi connectivity index (χ3n) is 4.39. The molecule has 0 saturated heterocycles. The predicted molar refractivity (Wildman–Crippen MR) is 89.5 cm³/mol. The van der Waals surface area contributed by atoms with Gasteiger partial charge in [0.15, 0.2) is 0 Å². The minimum Gasteiger partial charge on any atom is -0.343 e. The first kappa shape index (κ1) is 18.0. The monoisotopic (exact) mass is 310 g/mol. The van der Waals surface area contributed by atoms with Gasteiger partial charge in [-0.3, -0.25) is 4.79 Å². The lowest BCUT2D eigenvalue weighted by molar-refractivity contribution is -0.132. The van der Waals surface area contributed by atoms with Gasteiger partial charge < -0.3 is 10.6 Å². The van der Waals surface area contributed by atoms with Crippen molar-refractivity contribution in [1.82, 2.24) is 4.90 Å². The van der Waals surface area contributed by atoms with Crippen LogP contribution in [0.5, 0.6) is 0 Å². The lowest BCUT2D eigenvalue weighted by Gasteiger charge is -2.28. The molecule has 0 spiro atoms. The molecule has 1 unspecified atom stereocenters. The van der Waals surface area contributed by atoms with Gasteiger partial charge >= 0.3 is 0 Å². The molecule has 1 aliphatic rings. The molecule has 1 aromatic carbocycles. The van der Waals surface area contributed by atoms with Crippen molar-refractivity contribution in [1.29, 1.82) is 0 Å². The quantitative estimate of drug-likeness (QED) is 0.862. The van der Waals surface area contributed by atoms with E-state index in [9.17, 15) is 4.79 Å². The van der Waals surface area contributed by atoms with E-state index in [-0.39, 0.29) is 24.4 Å². The zero-order chi connectivity index (χ0) is 14.4. The Balaban J connectivity index is 0.00000220. The third kappa shape index (κ3) is 5.33. The Morgan fingerprint density at radius 2 is 1.76 bits per heavy atom. The Bertz CT molecular complexity index is 416. The van der Waals surface area contributed by atoms with Gasteiger partial charge in [0.05, 0.1) is 0 Å². The molecule has 2 rings (SSSR count). The lowest BCUT2D eigenvalue weighted by atomic mass is 10.0. The molecule has 21 heavy (non-hydrogen) atoms. The Morgan fingerprint density at radius 1 is 1.19 bits per heavy atom. The summed E-state index contributed by atoms with van der Waals surface area (Å²) in [6, 6.07) is 10.1. The van der Waals surface area contributed by atoms with E-state index in [0.29, 0.717) is 12.5 Å². The average molecular weight is 311 g/mol. The molecule has 0 heterocycles. The SMILES string of the molecule is CN(C(=O)CC(N)c1ccccc1)C1CCCCCC1.Cl. The zero-order valence-electron chi connectivity index (χ0n) is 12.8. The van der Waals surface area contributed by atoms with E-state index in [1.807, 2.05) is 42.3 Å². The van der Waals surface area contributed by atoms with Crippen molar-refractivity contribution in [3.8, 4) is 0 Å². The summed E-state index contributed by atoms with van der Waals surface area (Å²) in [6.45, 7) is 0. The molecule has 1 aliphatic carbocycles. The third-order valence-corrected chi connectivity index (χ3v) is 4.39. The van der Waals surface area contributed by atoms with E-state index >= 15 is 0 Å². The highest BCUT2D eigenvalue weighted by Crippen LogP contribution is 2.23. The van der Waals surface area contributed by atoms with E-state index in [1.54, 1.807) is 0 Å². The molecule has 0 aromatic heterocycles. The van der Waals surface area contributed by atoms with Gasteiger partial charge in [0.2, 0.25) is 5.91 Å². The van der Waals surface area contributed by atoms with E-state index in [2.05, 4.69) is 0 Å². The molecule has 0 aliphatic heterocycles. The van der Waals surface area contributed by atoms with Crippen LogP contribution in [-0.2, 0) is 4.79 Å². The normalized spacial score (nSPS) is 17.4.